The smallest absolute Gasteiger partial charge is 0.292 e. The molecule has 0 aliphatic carbocycles. The molecular formula is C24H24N6O3. The lowest BCUT2D eigenvalue weighted by atomic mass is 10.0. The van der Waals surface area contributed by atoms with Crippen molar-refractivity contribution >= 4 is 22.7 Å². The van der Waals surface area contributed by atoms with Crippen molar-refractivity contribution in [3.63, 3.8) is 0 Å². The third-order valence-electron chi connectivity index (χ3n) is 6.18. The van der Waals surface area contributed by atoms with Gasteiger partial charge < -0.3 is 10.6 Å². The molecule has 0 bridgehead atoms. The zero-order valence-corrected chi connectivity index (χ0v) is 18.2. The zero-order chi connectivity index (χ0) is 23.1. The number of hydrogen-bond acceptors (Lipinski definition) is 6. The van der Waals surface area contributed by atoms with Gasteiger partial charge >= 0.3 is 0 Å². The highest BCUT2D eigenvalue weighted by Gasteiger charge is 2.25. The third-order valence-corrected chi connectivity index (χ3v) is 6.18. The molecular weight excluding hydrogens is 420 g/mol. The van der Waals surface area contributed by atoms with E-state index in [1.165, 1.54) is 23.1 Å². The number of aromatic amines is 1. The topological polar surface area (TPSA) is 123 Å². The average Bonchev–Trinajstić information content (AvgIpc) is 3.19. The number of nitrogen functional groups attached to an aromatic ring is 1. The number of aromatic nitrogens is 3. The molecule has 5 rings (SSSR count). The van der Waals surface area contributed by atoms with Crippen LogP contribution in [0.3, 0.4) is 0 Å². The second kappa shape index (κ2) is 8.09. The fourth-order valence-electron chi connectivity index (χ4n) is 4.60. The third kappa shape index (κ3) is 3.51. The van der Waals surface area contributed by atoms with Crippen molar-refractivity contribution < 1.29 is 4.92 Å². The fraction of sp³-hybridized carbons (Fsp3) is 0.250. The lowest BCUT2D eigenvalue weighted by molar-refractivity contribution is -0.383. The Kier molecular flexibility index (Phi) is 5.08. The minimum atomic E-state index is -0.539. The first-order chi connectivity index (χ1) is 16.0. The Morgan fingerprint density at radius 2 is 1.79 bits per heavy atom. The number of piperidine rings is 1. The molecule has 9 heteroatoms. The van der Waals surface area contributed by atoms with Crippen molar-refractivity contribution in [3.8, 4) is 22.4 Å². The summed E-state index contributed by atoms with van der Waals surface area (Å²) in [5.41, 5.74) is 10.2. The SMILES string of the molecule is Cc1nc2c(N3CCCCC3)c(-c3ccccc3)[nH]n2c(=O)c1-c1ccc([N+](=O)[O-])c(N)c1. The Bertz CT molecular complexity index is 1420. The maximum absolute atomic E-state index is 13.7. The van der Waals surface area contributed by atoms with Gasteiger partial charge in [-0.1, -0.05) is 30.3 Å². The molecule has 0 unspecified atom stereocenters. The van der Waals surface area contributed by atoms with Crippen LogP contribution in [0.15, 0.2) is 53.3 Å². The lowest BCUT2D eigenvalue weighted by Crippen LogP contribution is -2.30. The van der Waals surface area contributed by atoms with Crippen LogP contribution in [0, 0.1) is 17.0 Å². The predicted molar refractivity (Wildman–Crippen MR) is 129 cm³/mol. The molecule has 3 heterocycles. The van der Waals surface area contributed by atoms with Gasteiger partial charge in [-0.2, -0.15) is 4.52 Å². The molecule has 2 aromatic carbocycles. The van der Waals surface area contributed by atoms with Crippen LogP contribution in [-0.2, 0) is 0 Å². The second-order valence-corrected chi connectivity index (χ2v) is 8.32. The number of benzene rings is 2. The quantitative estimate of drug-likeness (QED) is 0.277. The van der Waals surface area contributed by atoms with E-state index >= 15 is 0 Å². The first kappa shape index (κ1) is 20.7. The molecule has 3 N–H and O–H groups in total. The molecule has 0 spiro atoms. The van der Waals surface area contributed by atoms with Crippen LogP contribution in [0.2, 0.25) is 0 Å². The molecule has 1 fully saturated rings. The summed E-state index contributed by atoms with van der Waals surface area (Å²) in [6, 6.07) is 14.2. The molecule has 9 nitrogen and oxygen atoms in total. The Hall–Kier alpha value is -4.14. The van der Waals surface area contributed by atoms with E-state index in [4.69, 9.17) is 10.7 Å². The maximum atomic E-state index is 13.7. The standard InChI is InChI=1S/C24H24N6O3/c1-15-20(17-10-11-19(30(32)33)18(25)14-17)24(31)29-23(26-15)22(28-12-6-3-7-13-28)21(27-29)16-8-4-2-5-9-16/h2,4-5,8-11,14,27H,3,6-7,12-13,25H2,1H3. The summed E-state index contributed by atoms with van der Waals surface area (Å²) in [5.74, 6) is 0. The molecule has 0 atom stereocenters. The number of rotatable bonds is 4. The molecule has 4 aromatic rings. The van der Waals surface area contributed by atoms with E-state index in [0.29, 0.717) is 22.5 Å². The van der Waals surface area contributed by atoms with Crippen molar-refractivity contribution in [3.05, 3.63) is 74.7 Å². The number of nitro groups is 1. The Morgan fingerprint density at radius 1 is 1.06 bits per heavy atom. The Labute approximate surface area is 189 Å². The Balaban J connectivity index is 1.75. The summed E-state index contributed by atoms with van der Waals surface area (Å²) in [6.07, 6.45) is 3.38. The predicted octanol–water partition coefficient (Wildman–Crippen LogP) is 4.15. The number of aryl methyl sites for hydroxylation is 1. The van der Waals surface area contributed by atoms with E-state index in [-0.39, 0.29) is 16.9 Å². The minimum absolute atomic E-state index is 0.00635. The highest BCUT2D eigenvalue weighted by Crippen LogP contribution is 2.36. The molecule has 0 amide bonds. The summed E-state index contributed by atoms with van der Waals surface area (Å²) in [6.45, 7) is 3.59. The number of nitrogens with one attached hydrogen (secondary N) is 1. The number of H-pyrrole nitrogens is 1. The monoisotopic (exact) mass is 444 g/mol. The van der Waals surface area contributed by atoms with Crippen LogP contribution in [-0.4, -0.2) is 32.6 Å². The van der Waals surface area contributed by atoms with E-state index in [1.807, 2.05) is 30.3 Å². The van der Waals surface area contributed by atoms with Gasteiger partial charge in [-0.3, -0.25) is 20.0 Å². The highest BCUT2D eigenvalue weighted by molar-refractivity contribution is 5.87. The van der Waals surface area contributed by atoms with E-state index in [2.05, 4.69) is 10.00 Å². The van der Waals surface area contributed by atoms with E-state index in [1.54, 1.807) is 13.0 Å². The van der Waals surface area contributed by atoms with Gasteiger partial charge in [-0.15, -0.1) is 0 Å². The van der Waals surface area contributed by atoms with Crippen LogP contribution >= 0.6 is 0 Å². The molecule has 1 saturated heterocycles. The lowest BCUT2D eigenvalue weighted by Gasteiger charge is -2.28. The summed E-state index contributed by atoms with van der Waals surface area (Å²) < 4.78 is 1.48. The molecule has 0 saturated carbocycles. The molecule has 168 valence electrons. The molecule has 1 aliphatic heterocycles. The average molecular weight is 444 g/mol. The highest BCUT2D eigenvalue weighted by atomic mass is 16.6. The number of nitrogens with two attached hydrogens (primary N) is 1. The maximum Gasteiger partial charge on any atom is 0.292 e. The summed E-state index contributed by atoms with van der Waals surface area (Å²) in [5, 5.41) is 14.4. The van der Waals surface area contributed by atoms with Crippen LogP contribution in [0.1, 0.15) is 25.0 Å². The normalized spacial score (nSPS) is 14.0. The van der Waals surface area contributed by atoms with Gasteiger partial charge in [-0.05, 0) is 43.9 Å². The van der Waals surface area contributed by atoms with Crippen LogP contribution in [0.25, 0.3) is 28.0 Å². The fourth-order valence-corrected chi connectivity index (χ4v) is 4.60. The van der Waals surface area contributed by atoms with Crippen LogP contribution < -0.4 is 16.2 Å². The van der Waals surface area contributed by atoms with Gasteiger partial charge in [0.1, 0.15) is 11.4 Å². The van der Waals surface area contributed by atoms with Crippen molar-refractivity contribution in [1.82, 2.24) is 14.6 Å². The number of nitrogens with zero attached hydrogens (tertiary/aromatic N) is 4. The van der Waals surface area contributed by atoms with Crippen LogP contribution in [0.5, 0.6) is 0 Å². The zero-order valence-electron chi connectivity index (χ0n) is 18.2. The number of anilines is 2. The van der Waals surface area contributed by atoms with Crippen molar-refractivity contribution in [2.45, 2.75) is 26.2 Å². The van der Waals surface area contributed by atoms with Crippen molar-refractivity contribution in [1.29, 1.82) is 0 Å². The van der Waals surface area contributed by atoms with Gasteiger partial charge in [0.2, 0.25) is 0 Å². The molecule has 1 aliphatic rings. The first-order valence-corrected chi connectivity index (χ1v) is 11.0. The van der Waals surface area contributed by atoms with Crippen LogP contribution in [0.4, 0.5) is 17.1 Å². The van der Waals surface area contributed by atoms with Gasteiger partial charge in [0, 0.05) is 24.7 Å². The van der Waals surface area contributed by atoms with Crippen molar-refractivity contribution in [2.24, 2.45) is 0 Å². The molecule has 0 radical (unpaired) electrons. The minimum Gasteiger partial charge on any atom is -0.393 e. The van der Waals surface area contributed by atoms with Gasteiger partial charge in [0.05, 0.1) is 21.9 Å². The van der Waals surface area contributed by atoms with Gasteiger partial charge in [0.15, 0.2) is 5.65 Å². The second-order valence-electron chi connectivity index (χ2n) is 8.32. The first-order valence-electron chi connectivity index (χ1n) is 11.0. The van der Waals surface area contributed by atoms with Crippen molar-refractivity contribution in [2.75, 3.05) is 23.7 Å². The summed E-state index contributed by atoms with van der Waals surface area (Å²) in [7, 11) is 0. The van der Waals surface area contributed by atoms with E-state index in [9.17, 15) is 14.9 Å². The largest absolute Gasteiger partial charge is 0.393 e. The number of fused-ring (bicyclic) bond motifs is 1. The summed E-state index contributed by atoms with van der Waals surface area (Å²) in [4.78, 5) is 31.4. The Morgan fingerprint density at radius 3 is 2.45 bits per heavy atom. The number of hydrogen-bond donors (Lipinski definition) is 2. The number of nitro benzene ring substituents is 1. The van der Waals surface area contributed by atoms with E-state index < -0.39 is 4.92 Å². The molecule has 2 aromatic heterocycles. The van der Waals surface area contributed by atoms with Gasteiger partial charge in [0.25, 0.3) is 11.2 Å². The summed E-state index contributed by atoms with van der Waals surface area (Å²) >= 11 is 0. The van der Waals surface area contributed by atoms with Gasteiger partial charge in [-0.25, -0.2) is 4.98 Å². The molecule has 33 heavy (non-hydrogen) atoms. The van der Waals surface area contributed by atoms with E-state index in [0.717, 1.165) is 42.9 Å².